The van der Waals surface area contributed by atoms with Crippen molar-refractivity contribution in [2.24, 2.45) is 11.7 Å². The first-order valence-electron chi connectivity index (χ1n) is 5.22. The van der Waals surface area contributed by atoms with E-state index in [1.165, 1.54) is 6.07 Å². The van der Waals surface area contributed by atoms with Gasteiger partial charge in [-0.3, -0.25) is 4.79 Å². The second kappa shape index (κ2) is 3.63. The highest BCUT2D eigenvalue weighted by Gasteiger charge is 2.45. The minimum absolute atomic E-state index is 0.0407. The van der Waals surface area contributed by atoms with Gasteiger partial charge in [-0.1, -0.05) is 6.07 Å². The lowest BCUT2D eigenvalue weighted by molar-refractivity contribution is 0.0874. The summed E-state index contributed by atoms with van der Waals surface area (Å²) >= 11 is 0. The van der Waals surface area contributed by atoms with Crippen LogP contribution in [0.4, 0.5) is 8.78 Å². The number of ketones is 1. The number of hydrogen-bond acceptors (Lipinski definition) is 2. The quantitative estimate of drug-likeness (QED) is 0.802. The number of rotatable bonds is 3. The lowest BCUT2D eigenvalue weighted by Crippen LogP contribution is -2.47. The number of carbonyl (C=O) groups excluding carboxylic acids is 1. The monoisotopic (exact) mass is 225 g/mol. The second-order valence-corrected chi connectivity index (χ2v) is 4.48. The smallest absolute Gasteiger partial charge is 0.188 e. The van der Waals surface area contributed by atoms with Gasteiger partial charge in [-0.2, -0.15) is 0 Å². The minimum atomic E-state index is -1.16. The van der Waals surface area contributed by atoms with Crippen LogP contribution in [0.1, 0.15) is 30.1 Å². The van der Waals surface area contributed by atoms with Crippen LogP contribution in [0.15, 0.2) is 18.2 Å². The van der Waals surface area contributed by atoms with E-state index in [4.69, 9.17) is 5.73 Å². The van der Waals surface area contributed by atoms with E-state index in [9.17, 15) is 13.6 Å². The van der Waals surface area contributed by atoms with Crippen LogP contribution in [0.2, 0.25) is 0 Å². The van der Waals surface area contributed by atoms with E-state index in [1.807, 2.05) is 0 Å². The molecule has 1 aromatic rings. The van der Waals surface area contributed by atoms with Crippen LogP contribution in [-0.4, -0.2) is 11.3 Å². The lowest BCUT2D eigenvalue weighted by Gasteiger charge is -2.23. The summed E-state index contributed by atoms with van der Waals surface area (Å²) in [6.07, 6.45) is 1.68. The largest absolute Gasteiger partial charge is 0.319 e. The molecule has 0 aromatic heterocycles. The standard InChI is InChI=1S/C12H13F2NO/c1-12(15,7-5-6-7)11(16)10-8(13)3-2-4-9(10)14/h2-4,7H,5-6,15H2,1H3. The first-order valence-corrected chi connectivity index (χ1v) is 5.22. The van der Waals surface area contributed by atoms with Crippen molar-refractivity contribution in [1.82, 2.24) is 0 Å². The Hall–Kier alpha value is -1.29. The molecule has 0 saturated heterocycles. The van der Waals surface area contributed by atoms with Gasteiger partial charge in [-0.25, -0.2) is 8.78 Å². The normalized spacial score (nSPS) is 19.2. The van der Waals surface area contributed by atoms with Crippen molar-refractivity contribution >= 4 is 5.78 Å². The maximum Gasteiger partial charge on any atom is 0.188 e. The van der Waals surface area contributed by atoms with Crippen molar-refractivity contribution in [2.75, 3.05) is 0 Å². The van der Waals surface area contributed by atoms with Crippen LogP contribution >= 0.6 is 0 Å². The lowest BCUT2D eigenvalue weighted by atomic mass is 9.87. The zero-order valence-electron chi connectivity index (χ0n) is 8.97. The molecule has 1 aliphatic carbocycles. The molecule has 0 bridgehead atoms. The van der Waals surface area contributed by atoms with Gasteiger partial charge in [0, 0.05) is 0 Å². The summed E-state index contributed by atoms with van der Waals surface area (Å²) < 4.78 is 26.8. The fraction of sp³-hybridized carbons (Fsp3) is 0.417. The molecule has 0 amide bonds. The van der Waals surface area contributed by atoms with Gasteiger partial charge < -0.3 is 5.73 Å². The molecule has 2 N–H and O–H groups in total. The van der Waals surface area contributed by atoms with Crippen LogP contribution in [0, 0.1) is 17.6 Å². The predicted molar refractivity (Wildman–Crippen MR) is 56.0 cm³/mol. The summed E-state index contributed by atoms with van der Waals surface area (Å²) in [5, 5.41) is 0. The molecule has 0 heterocycles. The fourth-order valence-corrected chi connectivity index (χ4v) is 1.85. The molecular formula is C12H13F2NO. The summed E-state index contributed by atoms with van der Waals surface area (Å²) in [6, 6.07) is 3.37. The van der Waals surface area contributed by atoms with E-state index in [0.29, 0.717) is 0 Å². The maximum atomic E-state index is 13.4. The van der Waals surface area contributed by atoms with Crippen molar-refractivity contribution in [3.63, 3.8) is 0 Å². The van der Waals surface area contributed by atoms with E-state index >= 15 is 0 Å². The molecule has 1 fully saturated rings. The van der Waals surface area contributed by atoms with E-state index in [0.717, 1.165) is 25.0 Å². The Morgan fingerprint density at radius 2 is 1.88 bits per heavy atom. The molecular weight excluding hydrogens is 212 g/mol. The van der Waals surface area contributed by atoms with Crippen molar-refractivity contribution in [3.05, 3.63) is 35.4 Å². The minimum Gasteiger partial charge on any atom is -0.319 e. The highest BCUT2D eigenvalue weighted by Crippen LogP contribution is 2.40. The van der Waals surface area contributed by atoms with Gasteiger partial charge in [0.25, 0.3) is 0 Å². The van der Waals surface area contributed by atoms with Crippen molar-refractivity contribution in [1.29, 1.82) is 0 Å². The Morgan fingerprint density at radius 1 is 1.38 bits per heavy atom. The number of hydrogen-bond donors (Lipinski definition) is 1. The van der Waals surface area contributed by atoms with Crippen LogP contribution in [-0.2, 0) is 0 Å². The van der Waals surface area contributed by atoms with Crippen molar-refractivity contribution in [2.45, 2.75) is 25.3 Å². The third kappa shape index (κ3) is 1.73. The summed E-state index contributed by atoms with van der Waals surface area (Å²) in [4.78, 5) is 12.0. The van der Waals surface area contributed by atoms with Gasteiger partial charge in [-0.15, -0.1) is 0 Å². The highest BCUT2D eigenvalue weighted by molar-refractivity contribution is 6.03. The van der Waals surface area contributed by atoms with Gasteiger partial charge >= 0.3 is 0 Å². The van der Waals surface area contributed by atoms with Crippen LogP contribution < -0.4 is 5.73 Å². The summed E-state index contributed by atoms with van der Waals surface area (Å²) in [6.45, 7) is 1.54. The molecule has 86 valence electrons. The Kier molecular flexibility index (Phi) is 2.54. The molecule has 1 unspecified atom stereocenters. The number of carbonyl (C=O) groups is 1. The molecule has 2 nitrogen and oxygen atoms in total. The Morgan fingerprint density at radius 3 is 2.31 bits per heavy atom. The topological polar surface area (TPSA) is 43.1 Å². The molecule has 1 aromatic carbocycles. The van der Waals surface area contributed by atoms with Gasteiger partial charge in [-0.05, 0) is 37.8 Å². The SMILES string of the molecule is CC(N)(C(=O)c1c(F)cccc1F)C1CC1. The highest BCUT2D eigenvalue weighted by atomic mass is 19.1. The van der Waals surface area contributed by atoms with Crippen LogP contribution in [0.25, 0.3) is 0 Å². The van der Waals surface area contributed by atoms with E-state index < -0.39 is 28.5 Å². The third-order valence-electron chi connectivity index (χ3n) is 3.10. The van der Waals surface area contributed by atoms with Crippen molar-refractivity contribution in [3.8, 4) is 0 Å². The van der Waals surface area contributed by atoms with Gasteiger partial charge in [0.1, 0.15) is 11.6 Å². The first kappa shape index (κ1) is 11.2. The van der Waals surface area contributed by atoms with Gasteiger partial charge in [0.05, 0.1) is 11.1 Å². The van der Waals surface area contributed by atoms with Gasteiger partial charge in [0.2, 0.25) is 0 Å². The van der Waals surface area contributed by atoms with Crippen molar-refractivity contribution < 1.29 is 13.6 Å². The molecule has 0 spiro atoms. The summed E-state index contributed by atoms with van der Waals surface area (Å²) in [5.41, 5.74) is 4.17. The zero-order valence-corrected chi connectivity index (χ0v) is 8.97. The van der Waals surface area contributed by atoms with E-state index in [1.54, 1.807) is 6.92 Å². The molecule has 0 aliphatic heterocycles. The Labute approximate surface area is 92.4 Å². The second-order valence-electron chi connectivity index (χ2n) is 4.48. The Bertz CT molecular complexity index is 418. The maximum absolute atomic E-state index is 13.4. The molecule has 2 rings (SSSR count). The summed E-state index contributed by atoms with van der Waals surface area (Å²) in [5.74, 6) is -2.30. The Balaban J connectivity index is 2.40. The number of Topliss-reactive ketones (excluding diaryl/α,β-unsaturated/α-hetero) is 1. The predicted octanol–water partition coefficient (Wildman–Crippen LogP) is 2.27. The molecule has 1 saturated carbocycles. The molecule has 1 aliphatic rings. The summed E-state index contributed by atoms with van der Waals surface area (Å²) in [7, 11) is 0. The number of nitrogens with two attached hydrogens (primary N) is 1. The number of halogens is 2. The molecule has 1 atom stereocenters. The average Bonchev–Trinajstić information content (AvgIpc) is 3.00. The molecule has 16 heavy (non-hydrogen) atoms. The molecule has 0 radical (unpaired) electrons. The van der Waals surface area contributed by atoms with Crippen LogP contribution in [0.5, 0.6) is 0 Å². The fourth-order valence-electron chi connectivity index (χ4n) is 1.85. The van der Waals surface area contributed by atoms with E-state index in [-0.39, 0.29) is 5.92 Å². The zero-order chi connectivity index (χ0) is 11.9. The number of benzene rings is 1. The van der Waals surface area contributed by atoms with Crippen LogP contribution in [0.3, 0.4) is 0 Å². The third-order valence-corrected chi connectivity index (χ3v) is 3.10. The first-order chi connectivity index (χ1) is 7.44. The molecule has 4 heteroatoms. The van der Waals surface area contributed by atoms with Gasteiger partial charge in [0.15, 0.2) is 5.78 Å². The van der Waals surface area contributed by atoms with E-state index in [2.05, 4.69) is 0 Å². The average molecular weight is 225 g/mol.